The molecule has 27 heavy (non-hydrogen) atoms. The number of carbonyl (C=O) groups excluding carboxylic acids is 2. The Morgan fingerprint density at radius 1 is 1.48 bits per heavy atom. The van der Waals surface area contributed by atoms with Gasteiger partial charge in [0.1, 0.15) is 5.82 Å². The lowest BCUT2D eigenvalue weighted by Crippen LogP contribution is -2.65. The van der Waals surface area contributed by atoms with E-state index in [0.29, 0.717) is 25.1 Å². The number of hydrogen-bond donors (Lipinski definition) is 3. The van der Waals surface area contributed by atoms with Crippen LogP contribution in [0.1, 0.15) is 31.7 Å². The van der Waals surface area contributed by atoms with Crippen molar-refractivity contribution < 1.29 is 14.0 Å². The van der Waals surface area contributed by atoms with Crippen LogP contribution in [0.15, 0.2) is 24.3 Å². The van der Waals surface area contributed by atoms with Crippen molar-refractivity contribution in [3.8, 4) is 0 Å². The molecule has 2 aliphatic heterocycles. The Kier molecular flexibility index (Phi) is 5.34. The monoisotopic (exact) mass is 375 g/mol. The van der Waals surface area contributed by atoms with Crippen LogP contribution in [0.3, 0.4) is 0 Å². The number of nitrogens with zero attached hydrogens (tertiary/aromatic N) is 2. The highest BCUT2D eigenvalue weighted by Crippen LogP contribution is 2.32. The van der Waals surface area contributed by atoms with Gasteiger partial charge in [-0.1, -0.05) is 12.1 Å². The molecule has 0 spiro atoms. The van der Waals surface area contributed by atoms with Crippen LogP contribution in [0.4, 0.5) is 9.18 Å². The second kappa shape index (κ2) is 7.54. The largest absolute Gasteiger partial charge is 0.350 e. The van der Waals surface area contributed by atoms with E-state index in [9.17, 15) is 14.0 Å². The van der Waals surface area contributed by atoms with Gasteiger partial charge in [0.25, 0.3) is 0 Å². The van der Waals surface area contributed by atoms with Gasteiger partial charge in [-0.15, -0.1) is 0 Å². The Balaban J connectivity index is 1.61. The first-order valence-electron chi connectivity index (χ1n) is 9.19. The molecule has 8 heteroatoms. The number of nitrogens with one attached hydrogen (secondary N) is 3. The number of amides is 3. The molecule has 2 atom stereocenters. The molecule has 3 rings (SSSR count). The van der Waals surface area contributed by atoms with E-state index in [1.54, 1.807) is 24.1 Å². The van der Waals surface area contributed by atoms with Crippen molar-refractivity contribution >= 4 is 17.9 Å². The Hall–Kier alpha value is -2.64. The normalized spacial score (nSPS) is 26.0. The number of rotatable bonds is 3. The highest BCUT2D eigenvalue weighted by molar-refractivity contribution is 5.98. The van der Waals surface area contributed by atoms with Crippen LogP contribution in [0.2, 0.25) is 0 Å². The van der Waals surface area contributed by atoms with E-state index in [4.69, 9.17) is 5.41 Å². The fourth-order valence-corrected chi connectivity index (χ4v) is 3.82. The highest BCUT2D eigenvalue weighted by atomic mass is 19.1. The number of guanidine groups is 1. The number of benzene rings is 1. The average Bonchev–Trinajstić information content (AvgIpc) is 2.64. The summed E-state index contributed by atoms with van der Waals surface area (Å²) in [4.78, 5) is 27.8. The van der Waals surface area contributed by atoms with Gasteiger partial charge < -0.3 is 15.5 Å². The first kappa shape index (κ1) is 19.1. The summed E-state index contributed by atoms with van der Waals surface area (Å²) in [6, 6.07) is 5.96. The van der Waals surface area contributed by atoms with Crippen molar-refractivity contribution in [3.05, 3.63) is 35.6 Å². The molecule has 0 aromatic heterocycles. The number of likely N-dealkylation sites (tertiary alicyclic amines) is 1. The Morgan fingerprint density at radius 2 is 2.26 bits per heavy atom. The molecule has 3 amide bonds. The van der Waals surface area contributed by atoms with Crippen molar-refractivity contribution in [2.45, 2.75) is 38.3 Å². The van der Waals surface area contributed by atoms with Crippen LogP contribution in [0.25, 0.3) is 0 Å². The second-order valence-electron chi connectivity index (χ2n) is 7.59. The first-order chi connectivity index (χ1) is 12.8. The summed E-state index contributed by atoms with van der Waals surface area (Å²) < 4.78 is 13.3. The number of halogens is 1. The van der Waals surface area contributed by atoms with Crippen LogP contribution in [-0.4, -0.2) is 53.4 Å². The van der Waals surface area contributed by atoms with Gasteiger partial charge in [-0.25, -0.2) is 9.18 Å². The van der Waals surface area contributed by atoms with Gasteiger partial charge >= 0.3 is 6.03 Å². The van der Waals surface area contributed by atoms with E-state index in [-0.39, 0.29) is 36.2 Å². The van der Waals surface area contributed by atoms with E-state index in [0.717, 1.165) is 12.8 Å². The van der Waals surface area contributed by atoms with Crippen LogP contribution in [0.5, 0.6) is 0 Å². The molecule has 0 saturated carbocycles. The van der Waals surface area contributed by atoms with Gasteiger partial charge in [0, 0.05) is 26.7 Å². The summed E-state index contributed by atoms with van der Waals surface area (Å²) in [5.74, 6) is -0.243. The summed E-state index contributed by atoms with van der Waals surface area (Å²) >= 11 is 0. The smallest absolute Gasteiger partial charge is 0.317 e. The summed E-state index contributed by atoms with van der Waals surface area (Å²) in [5, 5.41) is 14.0. The van der Waals surface area contributed by atoms with E-state index < -0.39 is 5.54 Å². The minimum absolute atomic E-state index is 0.0733. The molecule has 2 saturated heterocycles. The topological polar surface area (TPSA) is 88.5 Å². The number of piperidine rings is 1. The van der Waals surface area contributed by atoms with Crippen molar-refractivity contribution in [1.82, 2.24) is 20.4 Å². The molecule has 1 unspecified atom stereocenters. The van der Waals surface area contributed by atoms with Crippen LogP contribution >= 0.6 is 0 Å². The third-order valence-corrected chi connectivity index (χ3v) is 5.57. The van der Waals surface area contributed by atoms with Crippen molar-refractivity contribution in [1.29, 1.82) is 5.41 Å². The molecule has 0 aliphatic carbocycles. The SMILES string of the molecule is CN1C(=N)N[C@](C)(C2CCCN(C(=O)NCc3cccc(F)c3)C2)CC1=O. The first-order valence-corrected chi connectivity index (χ1v) is 9.19. The Labute approximate surface area is 158 Å². The third-order valence-electron chi connectivity index (χ3n) is 5.57. The summed E-state index contributed by atoms with van der Waals surface area (Å²) in [6.45, 7) is 3.38. The zero-order valence-corrected chi connectivity index (χ0v) is 15.7. The molecule has 2 heterocycles. The minimum atomic E-state index is -0.539. The van der Waals surface area contributed by atoms with Crippen molar-refractivity contribution in [2.24, 2.45) is 5.92 Å². The van der Waals surface area contributed by atoms with Gasteiger partial charge in [0.05, 0.1) is 12.0 Å². The number of hydrogen-bond acceptors (Lipinski definition) is 3. The zero-order chi connectivity index (χ0) is 19.6. The quantitative estimate of drug-likeness (QED) is 0.754. The lowest BCUT2D eigenvalue weighted by Gasteiger charge is -2.47. The van der Waals surface area contributed by atoms with Gasteiger partial charge in [0.2, 0.25) is 5.91 Å². The molecule has 1 aromatic rings. The van der Waals surface area contributed by atoms with Gasteiger partial charge in [-0.3, -0.25) is 15.1 Å². The van der Waals surface area contributed by atoms with Crippen LogP contribution in [0, 0.1) is 17.1 Å². The molecular formula is C19H26FN5O2. The second-order valence-corrected chi connectivity index (χ2v) is 7.59. The highest BCUT2D eigenvalue weighted by Gasteiger charge is 2.44. The lowest BCUT2D eigenvalue weighted by molar-refractivity contribution is -0.130. The maximum absolute atomic E-state index is 13.3. The van der Waals surface area contributed by atoms with Gasteiger partial charge in [0.15, 0.2) is 5.96 Å². The molecule has 2 fully saturated rings. The summed E-state index contributed by atoms with van der Waals surface area (Å²) in [6.07, 6.45) is 2.03. The van der Waals surface area contributed by atoms with Crippen LogP contribution in [-0.2, 0) is 11.3 Å². The zero-order valence-electron chi connectivity index (χ0n) is 15.7. The fourth-order valence-electron chi connectivity index (χ4n) is 3.82. The van der Waals surface area contributed by atoms with Crippen molar-refractivity contribution in [3.63, 3.8) is 0 Å². The summed E-state index contributed by atoms with van der Waals surface area (Å²) in [7, 11) is 1.59. The standard InChI is InChI=1S/C19H26FN5O2/c1-19(10-16(26)24(2)17(21)23-19)14-6-4-8-25(12-14)18(27)22-11-13-5-3-7-15(20)9-13/h3,5,7,9,14H,4,6,8,10-12H2,1-2H3,(H2,21,23)(H,22,27)/t14?,19-/m0/s1. The predicted octanol–water partition coefficient (Wildman–Crippen LogP) is 1.89. The van der Waals surface area contributed by atoms with E-state index in [1.165, 1.54) is 17.0 Å². The van der Waals surface area contributed by atoms with Crippen molar-refractivity contribution in [2.75, 3.05) is 20.1 Å². The summed E-state index contributed by atoms with van der Waals surface area (Å²) in [5.41, 5.74) is 0.169. The Morgan fingerprint density at radius 3 is 2.96 bits per heavy atom. The van der Waals surface area contributed by atoms with Crippen LogP contribution < -0.4 is 10.6 Å². The van der Waals surface area contributed by atoms with Gasteiger partial charge in [-0.05, 0) is 43.4 Å². The molecule has 7 nitrogen and oxygen atoms in total. The Bertz CT molecular complexity index is 735. The maximum atomic E-state index is 13.3. The van der Waals surface area contributed by atoms with Gasteiger partial charge in [-0.2, -0.15) is 0 Å². The molecule has 0 bridgehead atoms. The number of urea groups is 1. The van der Waals surface area contributed by atoms with E-state index in [2.05, 4.69) is 10.6 Å². The number of carbonyl (C=O) groups is 2. The molecule has 0 radical (unpaired) electrons. The lowest BCUT2D eigenvalue weighted by atomic mass is 9.76. The maximum Gasteiger partial charge on any atom is 0.317 e. The molecular weight excluding hydrogens is 349 g/mol. The fraction of sp³-hybridized carbons (Fsp3) is 0.526. The average molecular weight is 375 g/mol. The molecule has 146 valence electrons. The minimum Gasteiger partial charge on any atom is -0.350 e. The predicted molar refractivity (Wildman–Crippen MR) is 99.6 cm³/mol. The van der Waals surface area contributed by atoms with E-state index in [1.807, 2.05) is 6.92 Å². The van der Waals surface area contributed by atoms with E-state index >= 15 is 0 Å². The molecule has 1 aromatic carbocycles. The third kappa shape index (κ3) is 4.20. The molecule has 2 aliphatic rings. The molecule has 3 N–H and O–H groups in total.